The molecule has 24 heavy (non-hydrogen) atoms. The molecule has 0 radical (unpaired) electrons. The van der Waals surface area contributed by atoms with Crippen LogP contribution >= 0.6 is 0 Å². The second-order valence-corrected chi connectivity index (χ2v) is 7.95. The lowest BCUT2D eigenvalue weighted by Gasteiger charge is -2.32. The molecule has 1 saturated heterocycles. The third-order valence-corrected chi connectivity index (χ3v) is 5.26. The molecule has 0 saturated carbocycles. The van der Waals surface area contributed by atoms with Gasteiger partial charge in [0.05, 0.1) is 0 Å². The van der Waals surface area contributed by atoms with E-state index in [0.29, 0.717) is 5.92 Å². The summed E-state index contributed by atoms with van der Waals surface area (Å²) in [4.78, 5) is 7.14. The van der Waals surface area contributed by atoms with Crippen molar-refractivity contribution in [2.24, 2.45) is 7.05 Å². The number of piperidine rings is 1. The van der Waals surface area contributed by atoms with Gasteiger partial charge in [0.15, 0.2) is 0 Å². The van der Waals surface area contributed by atoms with Crippen LogP contribution in [0.3, 0.4) is 0 Å². The molecule has 4 nitrogen and oxygen atoms in total. The first-order valence-corrected chi connectivity index (χ1v) is 9.00. The maximum atomic E-state index is 5.99. The van der Waals surface area contributed by atoms with Gasteiger partial charge in [0.25, 0.3) is 0 Å². The molecule has 0 aliphatic carbocycles. The van der Waals surface area contributed by atoms with Crippen LogP contribution in [0.25, 0.3) is 0 Å². The normalized spacial score (nSPS) is 23.0. The summed E-state index contributed by atoms with van der Waals surface area (Å²) in [5.41, 5.74) is 2.70. The third-order valence-electron chi connectivity index (χ3n) is 5.26. The van der Waals surface area contributed by atoms with Gasteiger partial charge < -0.3 is 9.30 Å². The molecule has 3 heterocycles. The van der Waals surface area contributed by atoms with Gasteiger partial charge in [0.1, 0.15) is 17.2 Å². The molecule has 0 N–H and O–H groups in total. The van der Waals surface area contributed by atoms with E-state index in [4.69, 9.17) is 4.74 Å². The third kappa shape index (κ3) is 3.07. The number of rotatable bonds is 3. The molecule has 128 valence electrons. The molecule has 4 rings (SSSR count). The molecule has 4 heteroatoms. The Labute approximate surface area is 144 Å². The van der Waals surface area contributed by atoms with Gasteiger partial charge >= 0.3 is 0 Å². The van der Waals surface area contributed by atoms with Crippen LogP contribution in [0.5, 0.6) is 5.75 Å². The SMILES string of the molecule is Cn1ccnc1[C@H]1CCCN(Cc2ccc3c(c2)CC(C)(C)O3)C1. The van der Waals surface area contributed by atoms with E-state index in [-0.39, 0.29) is 5.60 Å². The smallest absolute Gasteiger partial charge is 0.123 e. The van der Waals surface area contributed by atoms with Crippen LogP contribution in [0.1, 0.15) is 49.6 Å². The topological polar surface area (TPSA) is 30.3 Å². The van der Waals surface area contributed by atoms with E-state index >= 15 is 0 Å². The summed E-state index contributed by atoms with van der Waals surface area (Å²) in [6.07, 6.45) is 7.46. The molecular weight excluding hydrogens is 298 g/mol. The van der Waals surface area contributed by atoms with Crippen molar-refractivity contribution >= 4 is 0 Å². The number of aryl methyl sites for hydroxylation is 1. The Kier molecular flexibility index (Phi) is 3.87. The minimum absolute atomic E-state index is 0.0601. The minimum Gasteiger partial charge on any atom is -0.487 e. The highest BCUT2D eigenvalue weighted by Gasteiger charge is 2.30. The standard InChI is InChI=1S/C20H27N3O/c1-20(2)12-17-11-15(6-7-18(17)24-20)13-23-9-4-5-16(14-23)19-21-8-10-22(19)3/h6-8,10-11,16H,4-5,9,12-14H2,1-3H3/t16-/m0/s1. The van der Waals surface area contributed by atoms with Crippen LogP contribution in [0.2, 0.25) is 0 Å². The first-order valence-electron chi connectivity index (χ1n) is 9.00. The average Bonchev–Trinajstić information content (AvgIpc) is 3.08. The van der Waals surface area contributed by atoms with Crippen molar-refractivity contribution < 1.29 is 4.74 Å². The first kappa shape index (κ1) is 15.7. The molecular formula is C20H27N3O. The van der Waals surface area contributed by atoms with E-state index in [2.05, 4.69) is 59.7 Å². The van der Waals surface area contributed by atoms with Crippen molar-refractivity contribution in [1.82, 2.24) is 14.5 Å². The molecule has 0 bridgehead atoms. The lowest BCUT2D eigenvalue weighted by molar-refractivity contribution is 0.138. The highest BCUT2D eigenvalue weighted by atomic mass is 16.5. The fourth-order valence-corrected chi connectivity index (χ4v) is 4.20. The van der Waals surface area contributed by atoms with Crippen molar-refractivity contribution in [3.8, 4) is 5.75 Å². The number of benzene rings is 1. The maximum Gasteiger partial charge on any atom is 0.123 e. The number of hydrogen-bond acceptors (Lipinski definition) is 3. The van der Waals surface area contributed by atoms with Crippen molar-refractivity contribution in [3.05, 3.63) is 47.5 Å². The molecule has 2 aliphatic rings. The molecule has 1 atom stereocenters. The predicted octanol–water partition coefficient (Wildman–Crippen LogP) is 3.51. The van der Waals surface area contributed by atoms with Crippen LogP contribution in [-0.4, -0.2) is 33.1 Å². The van der Waals surface area contributed by atoms with Crippen molar-refractivity contribution in [3.63, 3.8) is 0 Å². The Bertz CT molecular complexity index is 734. The van der Waals surface area contributed by atoms with Gasteiger partial charge in [-0.15, -0.1) is 0 Å². The summed E-state index contributed by atoms with van der Waals surface area (Å²) in [5.74, 6) is 2.84. The van der Waals surface area contributed by atoms with E-state index in [1.54, 1.807) is 0 Å². The van der Waals surface area contributed by atoms with Crippen LogP contribution in [0.15, 0.2) is 30.6 Å². The maximum absolute atomic E-state index is 5.99. The first-order chi connectivity index (χ1) is 11.5. The predicted molar refractivity (Wildman–Crippen MR) is 95.3 cm³/mol. The number of ether oxygens (including phenoxy) is 1. The lowest BCUT2D eigenvalue weighted by Crippen LogP contribution is -2.34. The second-order valence-electron chi connectivity index (χ2n) is 7.95. The zero-order valence-corrected chi connectivity index (χ0v) is 15.0. The second kappa shape index (κ2) is 5.92. The van der Waals surface area contributed by atoms with Crippen LogP contribution in [0, 0.1) is 0 Å². The van der Waals surface area contributed by atoms with E-state index in [9.17, 15) is 0 Å². The van der Waals surface area contributed by atoms with Crippen LogP contribution in [-0.2, 0) is 20.0 Å². The van der Waals surface area contributed by atoms with Crippen molar-refractivity contribution in [2.45, 2.75) is 51.2 Å². The molecule has 0 amide bonds. The number of fused-ring (bicyclic) bond motifs is 1. The number of imidazole rings is 1. The van der Waals surface area contributed by atoms with Gasteiger partial charge in [-0.25, -0.2) is 4.98 Å². The Morgan fingerprint density at radius 2 is 2.21 bits per heavy atom. The number of hydrogen-bond donors (Lipinski definition) is 0. The van der Waals surface area contributed by atoms with Crippen molar-refractivity contribution in [1.29, 1.82) is 0 Å². The van der Waals surface area contributed by atoms with Gasteiger partial charge in [-0.2, -0.15) is 0 Å². The molecule has 1 fully saturated rings. The Balaban J connectivity index is 1.45. The van der Waals surface area contributed by atoms with Gasteiger partial charge in [-0.3, -0.25) is 4.90 Å². The quantitative estimate of drug-likeness (QED) is 0.865. The summed E-state index contributed by atoms with van der Waals surface area (Å²) >= 11 is 0. The van der Waals surface area contributed by atoms with Crippen LogP contribution in [0.4, 0.5) is 0 Å². The Morgan fingerprint density at radius 3 is 3.00 bits per heavy atom. The van der Waals surface area contributed by atoms with Crippen LogP contribution < -0.4 is 4.74 Å². The molecule has 0 unspecified atom stereocenters. The summed E-state index contributed by atoms with van der Waals surface area (Å²) in [5, 5.41) is 0. The van der Waals surface area contributed by atoms with Gasteiger partial charge in [-0.05, 0) is 50.4 Å². The fraction of sp³-hybridized carbons (Fsp3) is 0.550. The Hall–Kier alpha value is -1.81. The number of nitrogens with zero attached hydrogens (tertiary/aromatic N) is 3. The molecule has 0 spiro atoms. The molecule has 1 aromatic carbocycles. The summed E-state index contributed by atoms with van der Waals surface area (Å²) in [6.45, 7) is 7.63. The highest BCUT2D eigenvalue weighted by molar-refractivity contribution is 5.41. The van der Waals surface area contributed by atoms with Crippen molar-refractivity contribution in [2.75, 3.05) is 13.1 Å². The molecule has 1 aromatic heterocycles. The minimum atomic E-state index is -0.0601. The van der Waals surface area contributed by atoms with E-state index in [1.807, 2.05) is 6.20 Å². The largest absolute Gasteiger partial charge is 0.487 e. The van der Waals surface area contributed by atoms with Gasteiger partial charge in [0, 0.05) is 44.9 Å². The monoisotopic (exact) mass is 325 g/mol. The zero-order chi connectivity index (χ0) is 16.7. The number of aromatic nitrogens is 2. The summed E-state index contributed by atoms with van der Waals surface area (Å²) in [7, 11) is 2.10. The van der Waals surface area contributed by atoms with E-state index in [0.717, 1.165) is 25.3 Å². The molecule has 2 aromatic rings. The highest BCUT2D eigenvalue weighted by Crippen LogP contribution is 2.35. The number of likely N-dealkylation sites (tertiary alicyclic amines) is 1. The van der Waals surface area contributed by atoms with E-state index in [1.165, 1.54) is 36.3 Å². The fourth-order valence-electron chi connectivity index (χ4n) is 4.20. The van der Waals surface area contributed by atoms with Gasteiger partial charge in [-0.1, -0.05) is 12.1 Å². The average molecular weight is 325 g/mol. The van der Waals surface area contributed by atoms with E-state index < -0.39 is 0 Å². The van der Waals surface area contributed by atoms with Gasteiger partial charge in [0.2, 0.25) is 0 Å². The molecule has 2 aliphatic heterocycles. The summed E-state index contributed by atoms with van der Waals surface area (Å²) < 4.78 is 8.16. The Morgan fingerprint density at radius 1 is 1.33 bits per heavy atom. The lowest BCUT2D eigenvalue weighted by atomic mass is 9.96. The zero-order valence-electron chi connectivity index (χ0n) is 15.0. The summed E-state index contributed by atoms with van der Waals surface area (Å²) in [6, 6.07) is 6.72.